The topological polar surface area (TPSA) is 103 Å². The maximum atomic E-state index is 11.2. The number of nitrogens with one attached hydrogen (secondary N) is 1. The van der Waals surface area contributed by atoms with E-state index in [2.05, 4.69) is 32.3 Å². The Morgan fingerprint density at radius 3 is 2.57 bits per heavy atom. The average Bonchev–Trinajstić information content (AvgIpc) is 3.20. The third kappa shape index (κ3) is 5.61. The maximum Gasteiger partial charge on any atom is 0.329 e. The van der Waals surface area contributed by atoms with E-state index < -0.39 is 4.92 Å². The van der Waals surface area contributed by atoms with Gasteiger partial charge in [0.1, 0.15) is 12.8 Å². The largest absolute Gasteiger partial charge is 0.461 e. The van der Waals surface area contributed by atoms with Crippen LogP contribution in [-0.2, 0) is 17.8 Å². The lowest BCUT2D eigenvalue weighted by molar-refractivity contribution is -0.384. The van der Waals surface area contributed by atoms with Crippen LogP contribution in [0.2, 0.25) is 0 Å². The van der Waals surface area contributed by atoms with Crippen LogP contribution in [0.15, 0.2) is 30.5 Å². The molecule has 1 N–H and O–H groups in total. The SMILES string of the molecule is COCCOc1ncc([N+](=O)[O-])c(NCc2ccc(CN3CCCC3)cc2)n1. The van der Waals surface area contributed by atoms with Gasteiger partial charge in [0.05, 0.1) is 11.5 Å². The van der Waals surface area contributed by atoms with E-state index in [1.807, 2.05) is 12.1 Å². The van der Waals surface area contributed by atoms with Crippen LogP contribution in [0.25, 0.3) is 0 Å². The minimum absolute atomic E-state index is 0.0751. The van der Waals surface area contributed by atoms with Gasteiger partial charge >= 0.3 is 11.7 Å². The Morgan fingerprint density at radius 2 is 1.89 bits per heavy atom. The fourth-order valence-corrected chi connectivity index (χ4v) is 3.06. The molecule has 1 saturated heterocycles. The molecule has 0 atom stereocenters. The van der Waals surface area contributed by atoms with Crippen molar-refractivity contribution in [1.29, 1.82) is 0 Å². The summed E-state index contributed by atoms with van der Waals surface area (Å²) in [6.07, 6.45) is 3.70. The Morgan fingerprint density at radius 1 is 1.18 bits per heavy atom. The second-order valence-corrected chi connectivity index (χ2v) is 6.64. The molecule has 0 amide bonds. The molecule has 0 unspecified atom stereocenters. The molecule has 28 heavy (non-hydrogen) atoms. The predicted molar refractivity (Wildman–Crippen MR) is 104 cm³/mol. The van der Waals surface area contributed by atoms with E-state index in [0.717, 1.165) is 31.4 Å². The zero-order chi connectivity index (χ0) is 19.8. The Hall–Kier alpha value is -2.78. The highest BCUT2D eigenvalue weighted by atomic mass is 16.6. The number of hydrogen-bond donors (Lipinski definition) is 1. The second kappa shape index (κ2) is 9.95. The van der Waals surface area contributed by atoms with Crippen LogP contribution in [0.5, 0.6) is 6.01 Å². The highest BCUT2D eigenvalue weighted by molar-refractivity contribution is 5.55. The van der Waals surface area contributed by atoms with E-state index >= 15 is 0 Å². The molecule has 9 nitrogen and oxygen atoms in total. The second-order valence-electron chi connectivity index (χ2n) is 6.64. The average molecular weight is 387 g/mol. The lowest BCUT2D eigenvalue weighted by Crippen LogP contribution is -2.18. The monoisotopic (exact) mass is 387 g/mol. The summed E-state index contributed by atoms with van der Waals surface area (Å²) in [4.78, 5) is 21.2. The van der Waals surface area contributed by atoms with Crippen LogP contribution in [0.3, 0.4) is 0 Å². The molecule has 1 aromatic heterocycles. The molecule has 0 aliphatic carbocycles. The molecule has 3 rings (SSSR count). The van der Waals surface area contributed by atoms with Gasteiger partial charge in [0, 0.05) is 20.2 Å². The van der Waals surface area contributed by atoms with Gasteiger partial charge in [-0.25, -0.2) is 0 Å². The maximum absolute atomic E-state index is 11.2. The summed E-state index contributed by atoms with van der Waals surface area (Å²) in [6.45, 7) is 4.36. The lowest BCUT2D eigenvalue weighted by atomic mass is 10.1. The van der Waals surface area contributed by atoms with Crippen molar-refractivity contribution in [3.8, 4) is 6.01 Å². The summed E-state index contributed by atoms with van der Waals surface area (Å²) in [6, 6.07) is 8.33. The van der Waals surface area contributed by atoms with E-state index in [1.165, 1.54) is 18.4 Å². The molecule has 0 bridgehead atoms. The zero-order valence-electron chi connectivity index (χ0n) is 16.0. The van der Waals surface area contributed by atoms with Gasteiger partial charge in [0.25, 0.3) is 0 Å². The number of nitrogens with zero attached hydrogens (tertiary/aromatic N) is 4. The van der Waals surface area contributed by atoms with Crippen molar-refractivity contribution in [2.75, 3.05) is 38.7 Å². The minimum atomic E-state index is -0.513. The number of aromatic nitrogens is 2. The van der Waals surface area contributed by atoms with Crippen molar-refractivity contribution >= 4 is 11.5 Å². The third-order valence-electron chi connectivity index (χ3n) is 4.55. The van der Waals surface area contributed by atoms with Crippen molar-refractivity contribution in [3.05, 3.63) is 51.7 Å². The molecule has 1 aliphatic heterocycles. The third-order valence-corrected chi connectivity index (χ3v) is 4.55. The van der Waals surface area contributed by atoms with Gasteiger partial charge in [-0.3, -0.25) is 15.0 Å². The predicted octanol–water partition coefficient (Wildman–Crippen LogP) is 2.62. The van der Waals surface area contributed by atoms with Crippen LogP contribution in [0.4, 0.5) is 11.5 Å². The van der Waals surface area contributed by atoms with Gasteiger partial charge in [0.2, 0.25) is 5.82 Å². The summed E-state index contributed by atoms with van der Waals surface area (Å²) >= 11 is 0. The quantitative estimate of drug-likeness (QED) is 0.377. The zero-order valence-corrected chi connectivity index (χ0v) is 16.0. The van der Waals surface area contributed by atoms with E-state index in [0.29, 0.717) is 13.2 Å². The Kier molecular flexibility index (Phi) is 7.10. The summed E-state index contributed by atoms with van der Waals surface area (Å²) in [5, 5.41) is 14.3. The molecule has 150 valence electrons. The summed E-state index contributed by atoms with van der Waals surface area (Å²) in [5.41, 5.74) is 2.09. The number of rotatable bonds is 10. The standard InChI is InChI=1S/C19H25N5O4/c1-27-10-11-28-19-21-13-17(24(25)26)18(22-19)20-12-15-4-6-16(7-5-15)14-23-8-2-3-9-23/h4-7,13H,2-3,8-12,14H2,1H3,(H,20,21,22). The Bertz CT molecular complexity index is 778. The Labute approximate surface area is 163 Å². The highest BCUT2D eigenvalue weighted by Gasteiger charge is 2.18. The van der Waals surface area contributed by atoms with Crippen LogP contribution >= 0.6 is 0 Å². The number of likely N-dealkylation sites (tertiary alicyclic amines) is 1. The number of benzene rings is 1. The van der Waals surface area contributed by atoms with Gasteiger partial charge in [-0.1, -0.05) is 24.3 Å². The number of hydrogen-bond acceptors (Lipinski definition) is 8. The van der Waals surface area contributed by atoms with Gasteiger partial charge in [0.15, 0.2) is 0 Å². The summed E-state index contributed by atoms with van der Waals surface area (Å²) < 4.78 is 10.2. The first-order chi connectivity index (χ1) is 13.7. The molecular formula is C19H25N5O4. The van der Waals surface area contributed by atoms with Crippen LogP contribution in [-0.4, -0.2) is 53.2 Å². The molecule has 0 saturated carbocycles. The van der Waals surface area contributed by atoms with Crippen molar-refractivity contribution in [2.45, 2.75) is 25.9 Å². The van der Waals surface area contributed by atoms with E-state index in [-0.39, 0.29) is 24.1 Å². The van der Waals surface area contributed by atoms with Gasteiger partial charge in [-0.05, 0) is 37.1 Å². The molecule has 0 radical (unpaired) electrons. The molecule has 0 spiro atoms. The highest BCUT2D eigenvalue weighted by Crippen LogP contribution is 2.23. The number of methoxy groups -OCH3 is 1. The lowest BCUT2D eigenvalue weighted by Gasteiger charge is -2.14. The normalized spacial score (nSPS) is 14.2. The smallest absolute Gasteiger partial charge is 0.329 e. The molecule has 1 aromatic carbocycles. The fourth-order valence-electron chi connectivity index (χ4n) is 3.06. The molecule has 1 aliphatic rings. The van der Waals surface area contributed by atoms with Crippen molar-refractivity contribution < 1.29 is 14.4 Å². The van der Waals surface area contributed by atoms with E-state index in [1.54, 1.807) is 7.11 Å². The van der Waals surface area contributed by atoms with Crippen LogP contribution in [0.1, 0.15) is 24.0 Å². The number of nitro groups is 1. The molecule has 9 heteroatoms. The van der Waals surface area contributed by atoms with Gasteiger partial charge in [-0.15, -0.1) is 0 Å². The van der Waals surface area contributed by atoms with E-state index in [9.17, 15) is 10.1 Å². The molecule has 2 aromatic rings. The van der Waals surface area contributed by atoms with Crippen molar-refractivity contribution in [1.82, 2.24) is 14.9 Å². The van der Waals surface area contributed by atoms with Crippen LogP contribution < -0.4 is 10.1 Å². The van der Waals surface area contributed by atoms with Crippen molar-refractivity contribution in [3.63, 3.8) is 0 Å². The number of anilines is 1. The molecule has 2 heterocycles. The first-order valence-electron chi connectivity index (χ1n) is 9.33. The summed E-state index contributed by atoms with van der Waals surface area (Å²) in [5.74, 6) is 0.133. The minimum Gasteiger partial charge on any atom is -0.461 e. The van der Waals surface area contributed by atoms with Crippen LogP contribution in [0, 0.1) is 10.1 Å². The van der Waals surface area contributed by atoms with E-state index in [4.69, 9.17) is 9.47 Å². The van der Waals surface area contributed by atoms with Gasteiger partial charge < -0.3 is 14.8 Å². The first-order valence-corrected chi connectivity index (χ1v) is 9.33. The summed E-state index contributed by atoms with van der Waals surface area (Å²) in [7, 11) is 1.56. The fraction of sp³-hybridized carbons (Fsp3) is 0.474. The number of ether oxygens (including phenoxy) is 2. The Balaban J connectivity index is 1.61. The molecular weight excluding hydrogens is 362 g/mol. The molecule has 1 fully saturated rings. The van der Waals surface area contributed by atoms with Crippen molar-refractivity contribution in [2.24, 2.45) is 0 Å². The first kappa shape index (κ1) is 20.0. The van der Waals surface area contributed by atoms with Gasteiger partial charge in [-0.2, -0.15) is 9.97 Å².